The van der Waals surface area contributed by atoms with E-state index in [1.165, 1.54) is 52.1 Å². The van der Waals surface area contributed by atoms with Crippen LogP contribution in [0.5, 0.6) is 0 Å². The van der Waals surface area contributed by atoms with Crippen LogP contribution >= 0.6 is 0 Å². The average molecular weight is 781 g/mol. The van der Waals surface area contributed by atoms with Crippen LogP contribution in [-0.4, -0.2) is 123 Å². The van der Waals surface area contributed by atoms with Gasteiger partial charge in [0.1, 0.15) is 29.7 Å². The largest absolute Gasteiger partial charge is 0.461 e. The molecule has 312 valence electrons. The summed E-state index contributed by atoms with van der Waals surface area (Å²) in [7, 11) is 3.34. The van der Waals surface area contributed by atoms with E-state index in [2.05, 4.69) is 0 Å². The number of nitro benzene ring substituents is 1. The molecule has 0 radical (unpaired) electrons. The van der Waals surface area contributed by atoms with Crippen molar-refractivity contribution < 1.29 is 58.3 Å². The van der Waals surface area contributed by atoms with Gasteiger partial charge < -0.3 is 43.9 Å². The van der Waals surface area contributed by atoms with Crippen LogP contribution < -0.4 is 0 Å². The van der Waals surface area contributed by atoms with Gasteiger partial charge in [0.05, 0.1) is 41.2 Å². The quantitative estimate of drug-likeness (QED) is 0.175. The lowest BCUT2D eigenvalue weighted by Gasteiger charge is -2.52. The van der Waals surface area contributed by atoms with E-state index in [1.807, 2.05) is 25.8 Å². The van der Waals surface area contributed by atoms with Crippen molar-refractivity contribution in [3.05, 3.63) is 39.9 Å². The molecule has 2 aliphatic rings. The minimum absolute atomic E-state index is 0.0239. The van der Waals surface area contributed by atoms with Crippen LogP contribution in [0.3, 0.4) is 0 Å². The number of carbonyl (C=O) groups excluding carboxylic acids is 3. The SMILES string of the molecule is CC[C@H]1OC(=O)[C@H](C)[C@@H](OC(=O)Cc2ccc([N+](=O)[O-])cc2)[C@H](C)[C@@H](O[C@]2(C)O[C@H](C)C[C@H](N(C)CC)[C@H]2O)[C@](C)(OC)C[C@@H](C)C(=O)[C@H](C)[C@@H](O)[C@]1(C)O. The fourth-order valence-electron chi connectivity index (χ4n) is 8.38. The number of benzene rings is 1. The number of carbonyl (C=O) groups is 3. The number of ketones is 1. The fraction of sp³-hybridized carbons (Fsp3) is 0.775. The van der Waals surface area contributed by atoms with Gasteiger partial charge >= 0.3 is 11.9 Å². The molecule has 15 nitrogen and oxygen atoms in total. The van der Waals surface area contributed by atoms with Gasteiger partial charge in [-0.25, -0.2) is 0 Å². The number of nitro groups is 1. The Labute approximate surface area is 325 Å². The summed E-state index contributed by atoms with van der Waals surface area (Å²) in [6.45, 7) is 17.3. The molecule has 3 N–H and O–H groups in total. The fourth-order valence-corrected chi connectivity index (χ4v) is 8.38. The lowest BCUT2D eigenvalue weighted by molar-refractivity contribution is -0.384. The molecule has 0 unspecified atom stereocenters. The van der Waals surface area contributed by atoms with Crippen molar-refractivity contribution in [3.63, 3.8) is 0 Å². The smallest absolute Gasteiger partial charge is 0.312 e. The van der Waals surface area contributed by atoms with Crippen molar-refractivity contribution in [2.45, 2.75) is 155 Å². The van der Waals surface area contributed by atoms with Crippen LogP contribution in [0.25, 0.3) is 0 Å². The number of esters is 2. The summed E-state index contributed by atoms with van der Waals surface area (Å²) in [6, 6.07) is 5.07. The maximum absolute atomic E-state index is 14.1. The van der Waals surface area contributed by atoms with Crippen LogP contribution in [0, 0.1) is 33.8 Å². The van der Waals surface area contributed by atoms with Gasteiger partial charge in [-0.2, -0.15) is 0 Å². The second kappa shape index (κ2) is 18.5. The van der Waals surface area contributed by atoms with E-state index in [-0.39, 0.29) is 42.9 Å². The standard InChI is InChI=1S/C40H64N2O13/c1-13-30-39(9,48)34(45)24(5)32(44)22(3)21-38(8,51-12)36(55-40(10)35(46)29(41(11)14-2)19-23(4)54-40)25(6)33(26(7)37(47)52-30)53-31(43)20-27-15-17-28(18-16-27)42(49)50/h15-18,22-26,29-30,33-36,45-46,48H,13-14,19-21H2,1-12H3/t22-,23-,24+,25+,26-,29+,30-,33+,34-,35-,36-,38-,39-,40+/m1/s1. The van der Waals surface area contributed by atoms with Gasteiger partial charge in [-0.05, 0) is 73.0 Å². The molecule has 0 saturated carbocycles. The highest BCUT2D eigenvalue weighted by atomic mass is 16.7. The maximum atomic E-state index is 14.1. The minimum atomic E-state index is -2.03. The van der Waals surface area contributed by atoms with E-state index in [0.29, 0.717) is 18.5 Å². The Balaban J connectivity index is 2.22. The normalized spacial score (nSPS) is 39.6. The molecule has 0 spiro atoms. The minimum Gasteiger partial charge on any atom is -0.461 e. The van der Waals surface area contributed by atoms with Gasteiger partial charge in [-0.3, -0.25) is 24.5 Å². The van der Waals surface area contributed by atoms with Crippen LogP contribution in [0.15, 0.2) is 24.3 Å². The van der Waals surface area contributed by atoms with E-state index < -0.39 is 88.0 Å². The highest BCUT2D eigenvalue weighted by Gasteiger charge is 2.56. The van der Waals surface area contributed by atoms with Gasteiger partial charge in [-0.1, -0.05) is 46.8 Å². The molecule has 2 heterocycles. The number of likely N-dealkylation sites (N-methyl/N-ethyl adjacent to an activating group) is 1. The van der Waals surface area contributed by atoms with Crippen molar-refractivity contribution in [1.82, 2.24) is 4.90 Å². The zero-order valence-corrected chi connectivity index (χ0v) is 34.5. The summed E-state index contributed by atoms with van der Waals surface area (Å²) in [4.78, 5) is 54.5. The number of cyclic esters (lactones) is 1. The summed E-state index contributed by atoms with van der Waals surface area (Å²) >= 11 is 0. The molecule has 2 saturated heterocycles. The number of hydrogen-bond donors (Lipinski definition) is 3. The Kier molecular flexibility index (Phi) is 15.6. The summed E-state index contributed by atoms with van der Waals surface area (Å²) < 4.78 is 31.6. The average Bonchev–Trinajstić information content (AvgIpc) is 3.14. The Morgan fingerprint density at radius 1 is 1.02 bits per heavy atom. The second-order valence-corrected chi connectivity index (χ2v) is 16.3. The molecule has 1 aromatic carbocycles. The molecule has 14 atom stereocenters. The number of aliphatic hydroxyl groups excluding tert-OH is 2. The first kappa shape index (κ1) is 46.3. The van der Waals surface area contributed by atoms with Gasteiger partial charge in [0.2, 0.25) is 0 Å². The van der Waals surface area contributed by atoms with E-state index in [0.717, 1.165) is 0 Å². The molecule has 3 rings (SSSR count). The molecule has 2 fully saturated rings. The van der Waals surface area contributed by atoms with Crippen molar-refractivity contribution >= 4 is 23.4 Å². The third-order valence-corrected chi connectivity index (χ3v) is 12.0. The Morgan fingerprint density at radius 2 is 1.62 bits per heavy atom. The molecule has 55 heavy (non-hydrogen) atoms. The summed E-state index contributed by atoms with van der Waals surface area (Å²) in [5.74, 6) is -7.56. The Hall–Kier alpha value is -3.05. The van der Waals surface area contributed by atoms with E-state index >= 15 is 0 Å². The van der Waals surface area contributed by atoms with Crippen LogP contribution in [0.1, 0.15) is 94.1 Å². The molecule has 0 bridgehead atoms. The van der Waals surface area contributed by atoms with Gasteiger partial charge in [0.15, 0.2) is 5.79 Å². The summed E-state index contributed by atoms with van der Waals surface area (Å²) in [5.41, 5.74) is -3.13. The van der Waals surface area contributed by atoms with Crippen molar-refractivity contribution in [2.75, 3.05) is 20.7 Å². The topological polar surface area (TPSA) is 204 Å². The zero-order chi connectivity index (χ0) is 41.8. The highest BCUT2D eigenvalue weighted by molar-refractivity contribution is 5.83. The first-order valence-electron chi connectivity index (χ1n) is 19.3. The molecule has 2 aliphatic heterocycles. The molecule has 0 amide bonds. The number of non-ortho nitro benzene ring substituents is 1. The second-order valence-electron chi connectivity index (χ2n) is 16.3. The number of methoxy groups -OCH3 is 1. The number of nitrogens with zero attached hydrogens (tertiary/aromatic N) is 2. The number of rotatable bonds is 10. The lowest BCUT2D eigenvalue weighted by atomic mass is 9.73. The molecule has 15 heteroatoms. The van der Waals surface area contributed by atoms with Crippen LogP contribution in [0.2, 0.25) is 0 Å². The van der Waals surface area contributed by atoms with Crippen LogP contribution in [-0.2, 0) is 44.5 Å². The maximum Gasteiger partial charge on any atom is 0.312 e. The van der Waals surface area contributed by atoms with E-state index in [4.69, 9.17) is 23.7 Å². The summed E-state index contributed by atoms with van der Waals surface area (Å²) in [5, 5.41) is 46.1. The Bertz CT molecular complexity index is 1490. The predicted molar refractivity (Wildman–Crippen MR) is 202 cm³/mol. The van der Waals surface area contributed by atoms with E-state index in [9.17, 15) is 39.8 Å². The molecule has 0 aromatic heterocycles. The Morgan fingerprint density at radius 3 is 2.15 bits per heavy atom. The van der Waals surface area contributed by atoms with Crippen molar-refractivity contribution in [3.8, 4) is 0 Å². The van der Waals surface area contributed by atoms with Gasteiger partial charge in [0.25, 0.3) is 5.69 Å². The summed E-state index contributed by atoms with van der Waals surface area (Å²) in [6.07, 6.45) is -6.43. The van der Waals surface area contributed by atoms with Gasteiger partial charge in [0, 0.05) is 43.0 Å². The van der Waals surface area contributed by atoms with Gasteiger partial charge in [-0.15, -0.1) is 0 Å². The molecule has 1 aromatic rings. The number of aliphatic hydroxyl groups is 3. The van der Waals surface area contributed by atoms with Crippen molar-refractivity contribution in [1.29, 1.82) is 0 Å². The van der Waals surface area contributed by atoms with Crippen molar-refractivity contribution in [2.24, 2.45) is 23.7 Å². The number of Topliss-reactive ketones (excluding diaryl/α,β-unsaturated/α-hetero) is 1. The molecular formula is C40H64N2O13. The van der Waals surface area contributed by atoms with E-state index in [1.54, 1.807) is 34.6 Å². The lowest BCUT2D eigenvalue weighted by Crippen LogP contribution is -2.65. The first-order valence-corrected chi connectivity index (χ1v) is 19.3. The monoisotopic (exact) mass is 780 g/mol. The number of hydrogen-bond acceptors (Lipinski definition) is 14. The first-order chi connectivity index (χ1) is 25.5. The van der Waals surface area contributed by atoms with Crippen LogP contribution in [0.4, 0.5) is 5.69 Å². The zero-order valence-electron chi connectivity index (χ0n) is 34.5. The third kappa shape index (κ3) is 10.3. The third-order valence-electron chi connectivity index (χ3n) is 12.0. The molecular weight excluding hydrogens is 716 g/mol. The highest BCUT2D eigenvalue weighted by Crippen LogP contribution is 2.43. The number of ether oxygens (including phenoxy) is 5. The predicted octanol–water partition coefficient (Wildman–Crippen LogP) is 4.00. The molecule has 0 aliphatic carbocycles.